The second kappa shape index (κ2) is 8.13. The number of aromatic nitrogens is 3. The molecule has 2 N–H and O–H groups in total. The summed E-state index contributed by atoms with van der Waals surface area (Å²) in [6, 6.07) is 7.61. The molecule has 3 aromatic rings. The highest BCUT2D eigenvalue weighted by molar-refractivity contribution is 7.13. The van der Waals surface area contributed by atoms with E-state index in [4.69, 9.17) is 4.74 Å². The quantitative estimate of drug-likeness (QED) is 0.679. The minimum absolute atomic E-state index is 0.291. The van der Waals surface area contributed by atoms with Crippen LogP contribution in [-0.4, -0.2) is 28.1 Å². The van der Waals surface area contributed by atoms with Crippen LogP contribution in [-0.2, 0) is 12.0 Å². The first kappa shape index (κ1) is 18.8. The lowest BCUT2D eigenvalue weighted by Crippen LogP contribution is -2.28. The number of ether oxygens (including phenoxy) is 1. The third-order valence-electron chi connectivity index (χ3n) is 4.24. The Labute approximate surface area is 161 Å². The van der Waals surface area contributed by atoms with Gasteiger partial charge in [-0.15, -0.1) is 11.3 Å². The predicted molar refractivity (Wildman–Crippen MR) is 105 cm³/mol. The van der Waals surface area contributed by atoms with Gasteiger partial charge in [-0.25, -0.2) is 19.7 Å². The zero-order valence-electron chi connectivity index (χ0n) is 15.4. The van der Waals surface area contributed by atoms with Crippen LogP contribution in [0.2, 0.25) is 0 Å². The van der Waals surface area contributed by atoms with Gasteiger partial charge in [0.25, 0.3) is 0 Å². The number of urea groups is 1. The lowest BCUT2D eigenvalue weighted by molar-refractivity contribution is 0.251. The highest BCUT2D eigenvalue weighted by Crippen LogP contribution is 2.34. The topological polar surface area (TPSA) is 89.0 Å². The van der Waals surface area contributed by atoms with Gasteiger partial charge in [-0.3, -0.25) is 5.32 Å². The Morgan fingerprint density at radius 1 is 1.19 bits per heavy atom. The average Bonchev–Trinajstić information content (AvgIpc) is 3.16. The number of benzene rings is 1. The van der Waals surface area contributed by atoms with Crippen LogP contribution in [0, 0.1) is 0 Å². The van der Waals surface area contributed by atoms with Crippen LogP contribution < -0.4 is 15.4 Å². The highest BCUT2D eigenvalue weighted by Gasteiger charge is 2.26. The lowest BCUT2D eigenvalue weighted by Gasteiger charge is -2.23. The van der Waals surface area contributed by atoms with Gasteiger partial charge in [-0.05, 0) is 17.7 Å². The number of rotatable bonds is 6. The third kappa shape index (κ3) is 4.59. The third-order valence-corrected chi connectivity index (χ3v) is 5.00. The minimum Gasteiger partial charge on any atom is -0.497 e. The van der Waals surface area contributed by atoms with Crippen molar-refractivity contribution in [2.24, 2.45) is 0 Å². The van der Waals surface area contributed by atoms with Crippen LogP contribution in [0.25, 0.3) is 0 Å². The largest absolute Gasteiger partial charge is 0.497 e. The number of carbonyl (C=O) groups is 1. The Morgan fingerprint density at radius 2 is 1.89 bits per heavy atom. The van der Waals surface area contributed by atoms with Crippen LogP contribution >= 0.6 is 11.3 Å². The summed E-state index contributed by atoms with van der Waals surface area (Å²) >= 11 is 1.40. The van der Waals surface area contributed by atoms with Gasteiger partial charge in [0.1, 0.15) is 12.1 Å². The number of methoxy groups -OCH3 is 1. The molecule has 0 bridgehead atoms. The van der Waals surface area contributed by atoms with Gasteiger partial charge in [0, 0.05) is 35.3 Å². The van der Waals surface area contributed by atoms with Crippen molar-refractivity contribution in [3.05, 3.63) is 65.2 Å². The molecule has 3 rings (SSSR count). The van der Waals surface area contributed by atoms with Gasteiger partial charge in [-0.2, -0.15) is 0 Å². The van der Waals surface area contributed by atoms with Gasteiger partial charge in [-0.1, -0.05) is 26.0 Å². The molecule has 0 radical (unpaired) electrons. The molecule has 0 spiro atoms. The minimum atomic E-state index is -0.318. The molecule has 0 unspecified atom stereocenters. The van der Waals surface area contributed by atoms with Gasteiger partial charge < -0.3 is 10.1 Å². The molecule has 1 aromatic carbocycles. The monoisotopic (exact) mass is 383 g/mol. The Balaban J connectivity index is 1.63. The molecule has 0 saturated heterocycles. The number of thiazole rings is 1. The molecule has 0 aliphatic rings. The first-order chi connectivity index (χ1) is 13.0. The van der Waals surface area contributed by atoms with E-state index in [0.29, 0.717) is 11.7 Å². The van der Waals surface area contributed by atoms with Crippen molar-refractivity contribution in [2.45, 2.75) is 25.8 Å². The maximum absolute atomic E-state index is 12.1. The second-order valence-electron chi connectivity index (χ2n) is 6.45. The fourth-order valence-electron chi connectivity index (χ4n) is 2.52. The maximum atomic E-state index is 12.1. The van der Waals surface area contributed by atoms with Crippen molar-refractivity contribution in [2.75, 3.05) is 12.4 Å². The smallest absolute Gasteiger partial charge is 0.321 e. The zero-order chi connectivity index (χ0) is 19.3. The van der Waals surface area contributed by atoms with E-state index in [-0.39, 0.29) is 11.4 Å². The summed E-state index contributed by atoms with van der Waals surface area (Å²) in [4.78, 5) is 24.5. The number of hydrogen-bond donors (Lipinski definition) is 2. The molecule has 2 amide bonds. The van der Waals surface area contributed by atoms with Gasteiger partial charge in [0.15, 0.2) is 5.13 Å². The van der Waals surface area contributed by atoms with E-state index in [1.807, 2.05) is 29.6 Å². The van der Waals surface area contributed by atoms with Crippen LogP contribution in [0.15, 0.2) is 48.4 Å². The van der Waals surface area contributed by atoms with Gasteiger partial charge >= 0.3 is 6.03 Å². The average molecular weight is 383 g/mol. The SMILES string of the molecule is COc1ccc(C(C)(C)c2csc(NC(=O)NCc3cncnc3)n2)cc1. The van der Waals surface area contributed by atoms with Crippen molar-refractivity contribution in [1.82, 2.24) is 20.3 Å². The number of carbonyl (C=O) groups excluding carboxylic acids is 1. The van der Waals surface area contributed by atoms with Gasteiger partial charge in [0.05, 0.1) is 12.8 Å². The van der Waals surface area contributed by atoms with E-state index in [0.717, 1.165) is 22.6 Å². The van der Waals surface area contributed by atoms with E-state index in [2.05, 4.69) is 39.4 Å². The fraction of sp³-hybridized carbons (Fsp3) is 0.263. The number of amides is 2. The summed E-state index contributed by atoms with van der Waals surface area (Å²) in [5.74, 6) is 0.815. The Kier molecular flexibility index (Phi) is 5.66. The van der Waals surface area contributed by atoms with Crippen molar-refractivity contribution in [3.63, 3.8) is 0 Å². The van der Waals surface area contributed by atoms with Crippen molar-refractivity contribution in [1.29, 1.82) is 0 Å². The molecule has 0 aliphatic heterocycles. The van der Waals surface area contributed by atoms with Crippen LogP contribution in [0.5, 0.6) is 5.75 Å². The first-order valence-electron chi connectivity index (χ1n) is 8.38. The van der Waals surface area contributed by atoms with Crippen LogP contribution in [0.3, 0.4) is 0 Å². The molecule has 2 aromatic heterocycles. The molecular weight excluding hydrogens is 362 g/mol. The standard InChI is InChI=1S/C19H21N5O2S/c1-19(2,14-4-6-15(26-3)7-5-14)16-11-27-18(23-16)24-17(25)22-10-13-8-20-12-21-9-13/h4-9,11-12H,10H2,1-3H3,(H2,22,23,24,25). The van der Waals surface area contributed by atoms with E-state index >= 15 is 0 Å². The summed E-state index contributed by atoms with van der Waals surface area (Å²) < 4.78 is 5.21. The van der Waals surface area contributed by atoms with Crippen molar-refractivity contribution < 1.29 is 9.53 Å². The normalized spacial score (nSPS) is 11.1. The Hall–Kier alpha value is -3.00. The molecule has 140 valence electrons. The Morgan fingerprint density at radius 3 is 2.56 bits per heavy atom. The maximum Gasteiger partial charge on any atom is 0.321 e. The molecular formula is C19H21N5O2S. The van der Waals surface area contributed by atoms with E-state index < -0.39 is 0 Å². The molecule has 27 heavy (non-hydrogen) atoms. The molecule has 0 atom stereocenters. The summed E-state index contributed by atoms with van der Waals surface area (Å²) in [7, 11) is 1.65. The van der Waals surface area contributed by atoms with Crippen molar-refractivity contribution >= 4 is 22.5 Å². The van der Waals surface area contributed by atoms with Crippen LogP contribution in [0.1, 0.15) is 30.7 Å². The zero-order valence-corrected chi connectivity index (χ0v) is 16.2. The molecule has 8 heteroatoms. The Bertz CT molecular complexity index is 894. The summed E-state index contributed by atoms with van der Waals surface area (Å²) in [5.41, 5.74) is 2.55. The van der Waals surface area contributed by atoms with Gasteiger partial charge in [0.2, 0.25) is 0 Å². The van der Waals surface area contributed by atoms with E-state index in [1.54, 1.807) is 19.5 Å². The highest BCUT2D eigenvalue weighted by atomic mass is 32.1. The van der Waals surface area contributed by atoms with Crippen molar-refractivity contribution in [3.8, 4) is 5.75 Å². The van der Waals surface area contributed by atoms with E-state index in [1.165, 1.54) is 17.7 Å². The fourth-order valence-corrected chi connectivity index (χ4v) is 3.39. The molecule has 2 heterocycles. The molecule has 0 fully saturated rings. The molecule has 0 saturated carbocycles. The number of nitrogens with one attached hydrogen (secondary N) is 2. The number of anilines is 1. The lowest BCUT2D eigenvalue weighted by atomic mass is 9.82. The first-order valence-corrected chi connectivity index (χ1v) is 9.26. The summed E-state index contributed by atoms with van der Waals surface area (Å²) in [5, 5.41) is 8.05. The molecule has 7 nitrogen and oxygen atoms in total. The summed E-state index contributed by atoms with van der Waals surface area (Å²) in [6.45, 7) is 4.55. The number of hydrogen-bond acceptors (Lipinski definition) is 6. The van der Waals surface area contributed by atoms with E-state index in [9.17, 15) is 4.79 Å². The molecule has 0 aliphatic carbocycles. The second-order valence-corrected chi connectivity index (χ2v) is 7.30. The predicted octanol–water partition coefficient (Wildman–Crippen LogP) is 3.59. The van der Waals surface area contributed by atoms with Crippen LogP contribution in [0.4, 0.5) is 9.93 Å². The number of nitrogens with zero attached hydrogens (tertiary/aromatic N) is 3. The summed E-state index contributed by atoms with van der Waals surface area (Å²) in [6.07, 6.45) is 4.77.